The Morgan fingerprint density at radius 3 is 3.40 bits per heavy atom. The number of rotatable bonds is 0. The lowest BCUT2D eigenvalue weighted by atomic mass is 10.2. The van der Waals surface area contributed by atoms with Gasteiger partial charge in [-0.1, -0.05) is 6.08 Å². The van der Waals surface area contributed by atoms with Crippen LogP contribution in [0.1, 0.15) is 6.92 Å². The third-order valence-electron chi connectivity index (χ3n) is 1.66. The Bertz CT molecular complexity index is 237. The molecule has 2 rings (SSSR count). The van der Waals surface area contributed by atoms with Crippen molar-refractivity contribution in [2.75, 3.05) is 6.67 Å². The van der Waals surface area contributed by atoms with Gasteiger partial charge in [0, 0.05) is 6.20 Å². The maximum Gasteiger partial charge on any atom is 0.156 e. The minimum Gasteiger partial charge on any atom is -0.312 e. The van der Waals surface area contributed by atoms with E-state index in [0.717, 1.165) is 12.5 Å². The minimum absolute atomic E-state index is 0.803. The number of amidine groups is 1. The first-order chi connectivity index (χ1) is 4.88. The molecule has 0 amide bonds. The van der Waals surface area contributed by atoms with Crippen molar-refractivity contribution in [3.63, 3.8) is 0 Å². The number of nitrogens with zero attached hydrogens (tertiary/aromatic N) is 2. The molecule has 52 valence electrons. The van der Waals surface area contributed by atoms with Crippen molar-refractivity contribution in [2.24, 2.45) is 5.10 Å². The van der Waals surface area contributed by atoms with Crippen LogP contribution in [0.4, 0.5) is 0 Å². The van der Waals surface area contributed by atoms with Gasteiger partial charge >= 0.3 is 0 Å². The molecule has 0 spiro atoms. The van der Waals surface area contributed by atoms with Gasteiger partial charge in [0.15, 0.2) is 5.84 Å². The number of fused-ring (bicyclic) bond motifs is 1. The standard InChI is InChI=1S/C7H9N3/c1-6-3-2-4-10-5-8-9-7(6)10/h2-4,8H,5H2,1H3. The van der Waals surface area contributed by atoms with Crippen molar-refractivity contribution in [1.29, 1.82) is 0 Å². The SMILES string of the molecule is CC1=CC=CN2CNN=C12. The van der Waals surface area contributed by atoms with E-state index >= 15 is 0 Å². The first kappa shape index (κ1) is 5.53. The molecule has 0 aromatic heterocycles. The van der Waals surface area contributed by atoms with Gasteiger partial charge in [-0.25, -0.2) is 0 Å². The van der Waals surface area contributed by atoms with Crippen molar-refractivity contribution >= 4 is 5.84 Å². The van der Waals surface area contributed by atoms with Crippen LogP contribution in [-0.2, 0) is 0 Å². The van der Waals surface area contributed by atoms with Gasteiger partial charge in [0.2, 0.25) is 0 Å². The molecule has 0 saturated carbocycles. The molecule has 0 aliphatic carbocycles. The monoisotopic (exact) mass is 135 g/mol. The zero-order chi connectivity index (χ0) is 6.97. The Kier molecular flexibility index (Phi) is 1.03. The molecule has 2 aliphatic rings. The Labute approximate surface area is 59.7 Å². The van der Waals surface area contributed by atoms with Crippen LogP contribution in [0.5, 0.6) is 0 Å². The Balaban J connectivity index is 2.38. The van der Waals surface area contributed by atoms with E-state index in [1.54, 1.807) is 0 Å². The summed E-state index contributed by atoms with van der Waals surface area (Å²) in [4.78, 5) is 2.08. The molecule has 0 atom stereocenters. The molecule has 0 fully saturated rings. The van der Waals surface area contributed by atoms with Crippen molar-refractivity contribution in [3.05, 3.63) is 23.9 Å². The quantitative estimate of drug-likeness (QED) is 0.527. The lowest BCUT2D eigenvalue weighted by Gasteiger charge is -2.16. The molecule has 0 unspecified atom stereocenters. The minimum atomic E-state index is 0.803. The van der Waals surface area contributed by atoms with E-state index in [0.29, 0.717) is 0 Å². The van der Waals surface area contributed by atoms with Gasteiger partial charge in [-0.3, -0.25) is 5.43 Å². The summed E-state index contributed by atoms with van der Waals surface area (Å²) < 4.78 is 0. The van der Waals surface area contributed by atoms with E-state index in [1.165, 1.54) is 5.57 Å². The summed E-state index contributed by atoms with van der Waals surface area (Å²) in [5.74, 6) is 1.04. The third-order valence-corrected chi connectivity index (χ3v) is 1.66. The molecule has 0 aromatic carbocycles. The highest BCUT2D eigenvalue weighted by Gasteiger charge is 2.16. The molecule has 1 N–H and O–H groups in total. The average molecular weight is 135 g/mol. The van der Waals surface area contributed by atoms with E-state index in [2.05, 4.69) is 28.4 Å². The summed E-state index contributed by atoms with van der Waals surface area (Å²) in [5, 5.41) is 4.11. The zero-order valence-corrected chi connectivity index (χ0v) is 5.83. The first-order valence-electron chi connectivity index (χ1n) is 3.30. The van der Waals surface area contributed by atoms with Crippen LogP contribution in [0.15, 0.2) is 29.0 Å². The second-order valence-corrected chi connectivity index (χ2v) is 2.41. The zero-order valence-electron chi connectivity index (χ0n) is 5.83. The van der Waals surface area contributed by atoms with Gasteiger partial charge < -0.3 is 4.90 Å². The highest BCUT2D eigenvalue weighted by atomic mass is 15.5. The maximum atomic E-state index is 4.11. The number of hydrazone groups is 1. The summed E-state index contributed by atoms with van der Waals surface area (Å²) in [5.41, 5.74) is 4.13. The van der Waals surface area contributed by atoms with E-state index < -0.39 is 0 Å². The summed E-state index contributed by atoms with van der Waals surface area (Å²) in [6.07, 6.45) is 6.11. The van der Waals surface area contributed by atoms with Crippen LogP contribution in [0.3, 0.4) is 0 Å². The summed E-state index contributed by atoms with van der Waals surface area (Å²) in [6.45, 7) is 2.86. The molecule has 2 aliphatic heterocycles. The fourth-order valence-electron chi connectivity index (χ4n) is 1.13. The third kappa shape index (κ3) is 0.635. The molecule has 0 bridgehead atoms. The average Bonchev–Trinajstić information content (AvgIpc) is 2.36. The largest absolute Gasteiger partial charge is 0.312 e. The summed E-state index contributed by atoms with van der Waals surface area (Å²) >= 11 is 0. The number of allylic oxidation sites excluding steroid dienone is 2. The van der Waals surface area contributed by atoms with Crippen molar-refractivity contribution in [2.45, 2.75) is 6.92 Å². The van der Waals surface area contributed by atoms with Crippen molar-refractivity contribution in [1.82, 2.24) is 10.3 Å². The second-order valence-electron chi connectivity index (χ2n) is 2.41. The Morgan fingerprint density at radius 1 is 1.70 bits per heavy atom. The van der Waals surface area contributed by atoms with E-state index in [-0.39, 0.29) is 0 Å². The molecule has 2 heterocycles. The molecule has 3 heteroatoms. The smallest absolute Gasteiger partial charge is 0.156 e. The topological polar surface area (TPSA) is 27.6 Å². The van der Waals surface area contributed by atoms with E-state index in [4.69, 9.17) is 0 Å². The molecule has 0 aromatic rings. The summed E-state index contributed by atoms with van der Waals surface area (Å²) in [7, 11) is 0. The van der Waals surface area contributed by atoms with Gasteiger partial charge in [-0.15, -0.1) is 0 Å². The van der Waals surface area contributed by atoms with E-state index in [9.17, 15) is 0 Å². The van der Waals surface area contributed by atoms with Crippen LogP contribution in [0.2, 0.25) is 0 Å². The number of nitrogens with one attached hydrogen (secondary N) is 1. The van der Waals surface area contributed by atoms with Gasteiger partial charge in [0.1, 0.15) is 6.67 Å². The van der Waals surface area contributed by atoms with Gasteiger partial charge in [0.25, 0.3) is 0 Å². The molecular formula is C7H9N3. The predicted molar refractivity (Wildman–Crippen MR) is 40.2 cm³/mol. The second kappa shape index (κ2) is 1.87. The Hall–Kier alpha value is -1.25. The molecule has 0 saturated heterocycles. The first-order valence-corrected chi connectivity index (χ1v) is 3.30. The highest BCUT2D eigenvalue weighted by molar-refractivity contribution is 6.00. The van der Waals surface area contributed by atoms with E-state index in [1.807, 2.05) is 12.3 Å². The van der Waals surface area contributed by atoms with Crippen LogP contribution < -0.4 is 5.43 Å². The molecule has 3 nitrogen and oxygen atoms in total. The fraction of sp³-hybridized carbons (Fsp3) is 0.286. The lowest BCUT2D eigenvalue weighted by Crippen LogP contribution is -2.25. The van der Waals surface area contributed by atoms with Gasteiger partial charge in [-0.05, 0) is 18.6 Å². The molecular weight excluding hydrogens is 126 g/mol. The predicted octanol–water partition coefficient (Wildman–Crippen LogP) is 0.636. The molecule has 10 heavy (non-hydrogen) atoms. The summed E-state index contributed by atoms with van der Waals surface area (Å²) in [6, 6.07) is 0. The van der Waals surface area contributed by atoms with Crippen LogP contribution in [0, 0.1) is 0 Å². The Morgan fingerprint density at radius 2 is 2.60 bits per heavy atom. The number of hydrogen-bond acceptors (Lipinski definition) is 3. The molecule has 0 radical (unpaired) electrons. The normalized spacial score (nSPS) is 21.5. The van der Waals surface area contributed by atoms with Crippen molar-refractivity contribution < 1.29 is 0 Å². The highest BCUT2D eigenvalue weighted by Crippen LogP contribution is 2.11. The maximum absolute atomic E-state index is 4.11. The van der Waals surface area contributed by atoms with Crippen LogP contribution >= 0.6 is 0 Å². The number of hydrogen-bond donors (Lipinski definition) is 1. The van der Waals surface area contributed by atoms with Crippen LogP contribution in [0.25, 0.3) is 0 Å². The fourth-order valence-corrected chi connectivity index (χ4v) is 1.13. The van der Waals surface area contributed by atoms with Gasteiger partial charge in [0.05, 0.1) is 0 Å². The van der Waals surface area contributed by atoms with Crippen molar-refractivity contribution in [3.8, 4) is 0 Å². The van der Waals surface area contributed by atoms with Crippen LogP contribution in [-0.4, -0.2) is 17.4 Å². The lowest BCUT2D eigenvalue weighted by molar-refractivity contribution is 0.548. The van der Waals surface area contributed by atoms with Gasteiger partial charge in [-0.2, -0.15) is 5.10 Å².